The summed E-state index contributed by atoms with van der Waals surface area (Å²) in [7, 11) is 1.57. The van der Waals surface area contributed by atoms with Crippen molar-refractivity contribution in [2.45, 2.75) is 33.2 Å². The van der Waals surface area contributed by atoms with Crippen LogP contribution in [0.5, 0.6) is 5.75 Å². The van der Waals surface area contributed by atoms with Gasteiger partial charge in [0.05, 0.1) is 11.5 Å². The van der Waals surface area contributed by atoms with Gasteiger partial charge >= 0.3 is 0 Å². The van der Waals surface area contributed by atoms with E-state index in [1.54, 1.807) is 31.1 Å². The number of nitrogens with zero attached hydrogens (tertiary/aromatic N) is 3. The molecule has 4 aromatic rings. The van der Waals surface area contributed by atoms with E-state index in [2.05, 4.69) is 11.1 Å². The predicted octanol–water partition coefficient (Wildman–Crippen LogP) is 5.53. The summed E-state index contributed by atoms with van der Waals surface area (Å²) < 4.78 is 10.7. The first-order valence-corrected chi connectivity index (χ1v) is 14.4. The Labute approximate surface area is 251 Å². The molecule has 0 aliphatic heterocycles. The van der Waals surface area contributed by atoms with Crippen molar-refractivity contribution < 1.29 is 24.0 Å². The van der Waals surface area contributed by atoms with Crippen molar-refractivity contribution in [2.24, 2.45) is 0 Å². The number of rotatable bonds is 15. The normalized spacial score (nSPS) is 11.0. The van der Waals surface area contributed by atoms with E-state index in [1.165, 1.54) is 11.0 Å². The Kier molecular flexibility index (Phi) is 10.9. The number of carbonyl (C=O) groups excluding carboxylic acids is 2. The van der Waals surface area contributed by atoms with Crippen LogP contribution in [0.2, 0.25) is 0 Å². The number of H-pyrrole nitrogens is 1. The van der Waals surface area contributed by atoms with Crippen LogP contribution >= 0.6 is 0 Å². The van der Waals surface area contributed by atoms with Gasteiger partial charge in [-0.2, -0.15) is 0 Å². The average Bonchev–Trinajstić information content (AvgIpc) is 3.42. The Morgan fingerprint density at radius 2 is 1.77 bits per heavy atom. The molecule has 0 unspecified atom stereocenters. The summed E-state index contributed by atoms with van der Waals surface area (Å²) in [6.07, 6.45) is 3.10. The SMILES string of the molecule is CCOc1ccc(CN(CCc2c[nH]c3ccccc23)C(=O)CN(CCCOC)C(=O)c2ccc(C)c([N+](=O)[O-])c2)cc1. The third kappa shape index (κ3) is 8.20. The van der Waals surface area contributed by atoms with E-state index in [1.807, 2.05) is 55.6 Å². The summed E-state index contributed by atoms with van der Waals surface area (Å²) in [4.78, 5) is 45.0. The molecule has 1 heterocycles. The number of nitro benzene ring substituents is 1. The Hall–Kier alpha value is -4.70. The highest BCUT2D eigenvalue weighted by Gasteiger charge is 2.24. The Morgan fingerprint density at radius 1 is 1.00 bits per heavy atom. The van der Waals surface area contributed by atoms with Gasteiger partial charge in [-0.1, -0.05) is 36.4 Å². The van der Waals surface area contributed by atoms with Crippen LogP contribution in [0.1, 0.15) is 40.4 Å². The van der Waals surface area contributed by atoms with Gasteiger partial charge in [-0.25, -0.2) is 0 Å². The lowest BCUT2D eigenvalue weighted by molar-refractivity contribution is -0.385. The number of aromatic amines is 1. The van der Waals surface area contributed by atoms with Crippen LogP contribution in [0.4, 0.5) is 5.69 Å². The number of ether oxygens (including phenoxy) is 2. The summed E-state index contributed by atoms with van der Waals surface area (Å²) in [5, 5.41) is 12.6. The third-order valence-electron chi connectivity index (χ3n) is 7.33. The lowest BCUT2D eigenvalue weighted by Gasteiger charge is -2.28. The second-order valence-electron chi connectivity index (χ2n) is 10.3. The maximum absolute atomic E-state index is 13.9. The molecule has 10 heteroatoms. The lowest BCUT2D eigenvalue weighted by atomic mass is 10.1. The first-order valence-electron chi connectivity index (χ1n) is 14.4. The molecule has 0 atom stereocenters. The molecule has 0 saturated carbocycles. The van der Waals surface area contributed by atoms with E-state index < -0.39 is 10.8 Å². The second kappa shape index (κ2) is 15.0. The van der Waals surface area contributed by atoms with Gasteiger partial charge in [0, 0.05) is 67.6 Å². The first-order chi connectivity index (χ1) is 20.8. The maximum atomic E-state index is 13.9. The fraction of sp³-hybridized carbons (Fsp3) is 0.333. The highest BCUT2D eigenvalue weighted by Crippen LogP contribution is 2.22. The van der Waals surface area contributed by atoms with Crippen molar-refractivity contribution in [3.8, 4) is 5.75 Å². The largest absolute Gasteiger partial charge is 0.494 e. The number of fused-ring (bicyclic) bond motifs is 1. The lowest BCUT2D eigenvalue weighted by Crippen LogP contribution is -2.44. The monoisotopic (exact) mass is 586 g/mol. The van der Waals surface area contributed by atoms with E-state index in [-0.39, 0.29) is 30.2 Å². The number of carbonyl (C=O) groups is 2. The molecule has 1 aromatic heterocycles. The van der Waals surface area contributed by atoms with Crippen molar-refractivity contribution in [1.29, 1.82) is 0 Å². The van der Waals surface area contributed by atoms with Gasteiger partial charge in [0.2, 0.25) is 5.91 Å². The fourth-order valence-electron chi connectivity index (χ4n) is 5.00. The van der Waals surface area contributed by atoms with E-state index >= 15 is 0 Å². The number of hydrogen-bond acceptors (Lipinski definition) is 6. The van der Waals surface area contributed by atoms with E-state index in [0.29, 0.717) is 44.7 Å². The first kappa shape index (κ1) is 31.2. The summed E-state index contributed by atoms with van der Waals surface area (Å²) in [5.74, 6) is 0.0938. The molecule has 2 amide bonds. The zero-order valence-electron chi connectivity index (χ0n) is 24.9. The van der Waals surface area contributed by atoms with Crippen LogP contribution in [0.15, 0.2) is 72.9 Å². The van der Waals surface area contributed by atoms with Crippen LogP contribution in [0.25, 0.3) is 10.9 Å². The van der Waals surface area contributed by atoms with Gasteiger partial charge in [0.15, 0.2) is 0 Å². The summed E-state index contributed by atoms with van der Waals surface area (Å²) in [6, 6.07) is 20.1. The third-order valence-corrected chi connectivity index (χ3v) is 7.33. The zero-order valence-corrected chi connectivity index (χ0v) is 24.9. The van der Waals surface area contributed by atoms with Crippen molar-refractivity contribution in [3.63, 3.8) is 0 Å². The highest BCUT2D eigenvalue weighted by atomic mass is 16.6. The van der Waals surface area contributed by atoms with Gasteiger partial charge in [-0.15, -0.1) is 0 Å². The molecule has 0 fully saturated rings. The molecule has 0 saturated heterocycles. The zero-order chi connectivity index (χ0) is 30.8. The molecule has 1 N–H and O–H groups in total. The van der Waals surface area contributed by atoms with Gasteiger partial charge in [-0.3, -0.25) is 19.7 Å². The molecule has 10 nitrogen and oxygen atoms in total. The van der Waals surface area contributed by atoms with Gasteiger partial charge < -0.3 is 24.3 Å². The number of nitrogens with one attached hydrogen (secondary N) is 1. The molecule has 226 valence electrons. The number of amides is 2. The van der Waals surface area contributed by atoms with E-state index in [9.17, 15) is 19.7 Å². The molecular weight excluding hydrogens is 548 g/mol. The minimum Gasteiger partial charge on any atom is -0.494 e. The van der Waals surface area contributed by atoms with Gasteiger partial charge in [0.1, 0.15) is 12.3 Å². The van der Waals surface area contributed by atoms with E-state index in [0.717, 1.165) is 27.8 Å². The minimum atomic E-state index is -0.504. The summed E-state index contributed by atoms with van der Waals surface area (Å²) in [5.41, 5.74) is 3.55. The highest BCUT2D eigenvalue weighted by molar-refractivity contribution is 5.97. The number of methoxy groups -OCH3 is 1. The maximum Gasteiger partial charge on any atom is 0.273 e. The van der Waals surface area contributed by atoms with Gasteiger partial charge in [0.25, 0.3) is 11.6 Å². The average molecular weight is 587 g/mol. The predicted molar refractivity (Wildman–Crippen MR) is 165 cm³/mol. The van der Waals surface area contributed by atoms with Crippen LogP contribution in [-0.4, -0.2) is 71.5 Å². The van der Waals surface area contributed by atoms with Crippen LogP contribution < -0.4 is 4.74 Å². The number of hydrogen-bond donors (Lipinski definition) is 1. The molecule has 3 aromatic carbocycles. The Bertz CT molecular complexity index is 1550. The molecule has 43 heavy (non-hydrogen) atoms. The van der Waals surface area contributed by atoms with Crippen molar-refractivity contribution in [1.82, 2.24) is 14.8 Å². The fourth-order valence-corrected chi connectivity index (χ4v) is 5.00. The van der Waals surface area contributed by atoms with Crippen molar-refractivity contribution in [2.75, 3.05) is 40.0 Å². The van der Waals surface area contributed by atoms with Crippen molar-refractivity contribution >= 4 is 28.4 Å². The van der Waals surface area contributed by atoms with Gasteiger partial charge in [-0.05, 0) is 62.1 Å². The Balaban J connectivity index is 1.57. The Morgan fingerprint density at radius 3 is 2.49 bits per heavy atom. The second-order valence-corrected chi connectivity index (χ2v) is 10.3. The number of benzene rings is 3. The number of para-hydroxylation sites is 1. The molecule has 0 bridgehead atoms. The molecule has 0 aliphatic carbocycles. The molecule has 0 aliphatic rings. The topological polar surface area (TPSA) is 118 Å². The van der Waals surface area contributed by atoms with Crippen molar-refractivity contribution in [3.05, 3.63) is 105 Å². The number of aromatic nitrogens is 1. The molecule has 0 radical (unpaired) electrons. The number of aryl methyl sites for hydroxylation is 1. The summed E-state index contributed by atoms with van der Waals surface area (Å²) in [6.45, 7) is 5.39. The minimum absolute atomic E-state index is 0.134. The standard InChI is InChI=1S/C33H38N4O6/c1-4-43-28-14-11-25(12-15-28)22-35(18-16-27-21-34-30-9-6-5-8-29(27)30)32(38)23-36(17-7-19-42-3)33(39)26-13-10-24(2)31(20-26)37(40)41/h5-6,8-15,20-21,34H,4,7,16-19,22-23H2,1-3H3. The van der Waals surface area contributed by atoms with E-state index in [4.69, 9.17) is 9.47 Å². The molecule has 0 spiro atoms. The van der Waals surface area contributed by atoms with Crippen LogP contribution in [0.3, 0.4) is 0 Å². The number of nitro groups is 1. The smallest absolute Gasteiger partial charge is 0.273 e. The molecular formula is C33H38N4O6. The molecule has 4 rings (SSSR count). The van der Waals surface area contributed by atoms with Crippen LogP contribution in [0, 0.1) is 17.0 Å². The summed E-state index contributed by atoms with van der Waals surface area (Å²) >= 11 is 0. The quantitative estimate of drug-likeness (QED) is 0.111. The van der Waals surface area contributed by atoms with Crippen LogP contribution in [-0.2, 0) is 22.5 Å².